The highest BCUT2D eigenvalue weighted by atomic mass is 16.5. The van der Waals surface area contributed by atoms with Gasteiger partial charge in [-0.05, 0) is 58.9 Å². The fourth-order valence-electron chi connectivity index (χ4n) is 5.23. The highest BCUT2D eigenvalue weighted by molar-refractivity contribution is 6.12. The number of carbonyl (C=O) groups excluding carboxylic acids is 1. The topological polar surface area (TPSA) is 47.6 Å². The van der Waals surface area contributed by atoms with E-state index in [4.69, 9.17) is 9.47 Å². The maximum absolute atomic E-state index is 13.5. The maximum atomic E-state index is 13.5. The SMILES string of the molecule is CCOc1ccc([C@@H]2Nc3ccc4ccccc4c3C3=C2C(=O)CC(C)(C)C3)cc1OC. The number of carbonyl (C=O) groups is 1. The molecule has 1 heterocycles. The van der Waals surface area contributed by atoms with Gasteiger partial charge in [-0.25, -0.2) is 0 Å². The molecule has 0 fully saturated rings. The molecule has 1 N–H and O–H groups in total. The van der Waals surface area contributed by atoms with Crippen molar-refractivity contribution >= 4 is 27.8 Å². The monoisotopic (exact) mass is 427 g/mol. The van der Waals surface area contributed by atoms with Crippen LogP contribution in [-0.4, -0.2) is 19.5 Å². The number of hydrogen-bond donors (Lipinski definition) is 1. The molecule has 0 unspecified atom stereocenters. The second-order valence-electron chi connectivity index (χ2n) is 9.46. The van der Waals surface area contributed by atoms with Crippen LogP contribution in [0.1, 0.15) is 50.8 Å². The molecule has 3 aromatic rings. The summed E-state index contributed by atoms with van der Waals surface area (Å²) >= 11 is 0. The number of ether oxygens (including phenoxy) is 2. The molecule has 2 aliphatic rings. The Kier molecular flexibility index (Phi) is 4.96. The Labute approximate surface area is 189 Å². The van der Waals surface area contributed by atoms with Crippen molar-refractivity contribution in [1.29, 1.82) is 0 Å². The van der Waals surface area contributed by atoms with Gasteiger partial charge in [0, 0.05) is 23.2 Å². The summed E-state index contributed by atoms with van der Waals surface area (Å²) in [7, 11) is 1.65. The summed E-state index contributed by atoms with van der Waals surface area (Å²) in [5.41, 5.74) is 5.25. The molecule has 1 atom stereocenters. The van der Waals surface area contributed by atoms with Crippen molar-refractivity contribution in [3.05, 3.63) is 71.3 Å². The Bertz CT molecular complexity index is 1250. The second-order valence-corrected chi connectivity index (χ2v) is 9.46. The number of anilines is 1. The number of ketones is 1. The minimum absolute atomic E-state index is 0.0669. The lowest BCUT2D eigenvalue weighted by atomic mass is 9.68. The minimum atomic E-state index is -0.216. The van der Waals surface area contributed by atoms with E-state index in [2.05, 4.69) is 55.6 Å². The summed E-state index contributed by atoms with van der Waals surface area (Å²) in [5.74, 6) is 1.62. The van der Waals surface area contributed by atoms with Crippen LogP contribution in [0.15, 0.2) is 60.2 Å². The molecule has 1 aliphatic heterocycles. The predicted molar refractivity (Wildman–Crippen MR) is 129 cm³/mol. The van der Waals surface area contributed by atoms with Crippen LogP contribution in [0.5, 0.6) is 11.5 Å². The quantitative estimate of drug-likeness (QED) is 0.512. The van der Waals surface area contributed by atoms with Gasteiger partial charge in [0.1, 0.15) is 0 Å². The van der Waals surface area contributed by atoms with E-state index in [0.717, 1.165) is 23.2 Å². The number of Topliss-reactive ketones (excluding diaryl/α,β-unsaturated/α-hetero) is 1. The lowest BCUT2D eigenvalue weighted by Gasteiger charge is -2.40. The Morgan fingerprint density at radius 1 is 1.03 bits per heavy atom. The van der Waals surface area contributed by atoms with Crippen LogP contribution in [0.2, 0.25) is 0 Å². The van der Waals surface area contributed by atoms with Crippen LogP contribution in [0.3, 0.4) is 0 Å². The van der Waals surface area contributed by atoms with Crippen molar-refractivity contribution < 1.29 is 14.3 Å². The molecule has 0 amide bonds. The molecule has 3 aromatic carbocycles. The van der Waals surface area contributed by atoms with Crippen molar-refractivity contribution in [3.63, 3.8) is 0 Å². The number of hydrogen-bond acceptors (Lipinski definition) is 4. The zero-order valence-corrected chi connectivity index (χ0v) is 19.1. The molecule has 4 nitrogen and oxygen atoms in total. The maximum Gasteiger partial charge on any atom is 0.162 e. The van der Waals surface area contributed by atoms with E-state index < -0.39 is 0 Å². The first-order chi connectivity index (χ1) is 15.4. The molecule has 0 radical (unpaired) electrons. The second kappa shape index (κ2) is 7.70. The van der Waals surface area contributed by atoms with E-state index >= 15 is 0 Å². The van der Waals surface area contributed by atoms with E-state index in [9.17, 15) is 4.79 Å². The fourth-order valence-corrected chi connectivity index (χ4v) is 5.23. The average Bonchev–Trinajstić information content (AvgIpc) is 2.77. The van der Waals surface area contributed by atoms with Gasteiger partial charge >= 0.3 is 0 Å². The van der Waals surface area contributed by atoms with Crippen LogP contribution in [0.25, 0.3) is 16.3 Å². The van der Waals surface area contributed by atoms with E-state index in [1.807, 2.05) is 25.1 Å². The zero-order chi connectivity index (χ0) is 22.5. The first-order valence-electron chi connectivity index (χ1n) is 11.3. The average molecular weight is 428 g/mol. The van der Waals surface area contributed by atoms with Crippen LogP contribution >= 0.6 is 0 Å². The van der Waals surface area contributed by atoms with Gasteiger partial charge in [0.15, 0.2) is 17.3 Å². The largest absolute Gasteiger partial charge is 0.493 e. The molecule has 0 saturated carbocycles. The van der Waals surface area contributed by atoms with Crippen molar-refractivity contribution in [2.24, 2.45) is 5.41 Å². The minimum Gasteiger partial charge on any atom is -0.493 e. The van der Waals surface area contributed by atoms with Crippen LogP contribution in [-0.2, 0) is 4.79 Å². The smallest absolute Gasteiger partial charge is 0.162 e. The predicted octanol–water partition coefficient (Wildman–Crippen LogP) is 6.56. The molecule has 32 heavy (non-hydrogen) atoms. The zero-order valence-electron chi connectivity index (χ0n) is 19.1. The molecular formula is C28H29NO3. The summed E-state index contributed by atoms with van der Waals surface area (Å²) in [6.07, 6.45) is 1.43. The Hall–Kier alpha value is -3.27. The first-order valence-corrected chi connectivity index (χ1v) is 11.3. The summed E-state index contributed by atoms with van der Waals surface area (Å²) in [6, 6.07) is 18.5. The molecule has 1 aliphatic carbocycles. The number of methoxy groups -OCH3 is 1. The highest BCUT2D eigenvalue weighted by Gasteiger charge is 2.40. The third-order valence-electron chi connectivity index (χ3n) is 6.56. The number of benzene rings is 3. The third-order valence-corrected chi connectivity index (χ3v) is 6.56. The Morgan fingerprint density at radius 2 is 1.84 bits per heavy atom. The molecule has 164 valence electrons. The van der Waals surface area contributed by atoms with Crippen molar-refractivity contribution in [2.75, 3.05) is 19.0 Å². The molecule has 0 bridgehead atoms. The molecule has 5 rings (SSSR count). The third kappa shape index (κ3) is 3.35. The van der Waals surface area contributed by atoms with Crippen LogP contribution < -0.4 is 14.8 Å². The number of nitrogens with one attached hydrogen (secondary N) is 1. The van der Waals surface area contributed by atoms with Gasteiger partial charge in [-0.3, -0.25) is 4.79 Å². The lowest BCUT2D eigenvalue weighted by molar-refractivity contribution is -0.118. The Balaban J connectivity index is 1.73. The van der Waals surface area contributed by atoms with Gasteiger partial charge in [0.25, 0.3) is 0 Å². The summed E-state index contributed by atoms with van der Waals surface area (Å²) in [5, 5.41) is 6.07. The molecule has 4 heteroatoms. The van der Waals surface area contributed by atoms with Crippen LogP contribution in [0, 0.1) is 5.41 Å². The highest BCUT2D eigenvalue weighted by Crippen LogP contribution is 2.52. The van der Waals surface area contributed by atoms with Gasteiger partial charge in [-0.15, -0.1) is 0 Å². The summed E-state index contributed by atoms with van der Waals surface area (Å²) in [6.45, 7) is 6.91. The first kappa shape index (κ1) is 20.6. The summed E-state index contributed by atoms with van der Waals surface area (Å²) in [4.78, 5) is 13.5. The van der Waals surface area contributed by atoms with Crippen molar-refractivity contribution in [1.82, 2.24) is 0 Å². The van der Waals surface area contributed by atoms with E-state index in [1.54, 1.807) is 7.11 Å². The number of fused-ring (bicyclic) bond motifs is 4. The molecule has 0 spiro atoms. The van der Waals surface area contributed by atoms with Crippen molar-refractivity contribution in [2.45, 2.75) is 39.7 Å². The Morgan fingerprint density at radius 3 is 2.62 bits per heavy atom. The molecule has 0 saturated heterocycles. The summed E-state index contributed by atoms with van der Waals surface area (Å²) < 4.78 is 11.3. The van der Waals surface area contributed by atoms with Gasteiger partial charge in [-0.2, -0.15) is 0 Å². The van der Waals surface area contributed by atoms with E-state index in [0.29, 0.717) is 24.5 Å². The lowest BCUT2D eigenvalue weighted by Crippen LogP contribution is -2.33. The number of allylic oxidation sites excluding steroid dienone is 1. The van der Waals surface area contributed by atoms with Gasteiger partial charge in [0.05, 0.1) is 19.8 Å². The standard InChI is InChI=1S/C28H29NO3/c1-5-32-23-13-11-18(14-24(23)31-4)27-26-20(15-28(2,3)16-22(26)30)25-19-9-7-6-8-17(19)10-12-21(25)29-27/h6-14,27,29H,5,15-16H2,1-4H3/t27-/m0/s1. The van der Waals surface area contributed by atoms with Crippen molar-refractivity contribution in [3.8, 4) is 11.5 Å². The van der Waals surface area contributed by atoms with Gasteiger partial charge < -0.3 is 14.8 Å². The van der Waals surface area contributed by atoms with E-state index in [1.165, 1.54) is 21.9 Å². The van der Waals surface area contributed by atoms with Crippen LogP contribution in [0.4, 0.5) is 5.69 Å². The van der Waals surface area contributed by atoms with E-state index in [-0.39, 0.29) is 17.2 Å². The fraction of sp³-hybridized carbons (Fsp3) is 0.321. The number of rotatable bonds is 4. The normalized spacial score (nSPS) is 19.2. The van der Waals surface area contributed by atoms with Gasteiger partial charge in [0.2, 0.25) is 0 Å². The van der Waals surface area contributed by atoms with Gasteiger partial charge in [-0.1, -0.05) is 50.2 Å². The molecule has 0 aromatic heterocycles. The molecular weight excluding hydrogens is 398 g/mol.